The summed E-state index contributed by atoms with van der Waals surface area (Å²) in [5.74, 6) is -0.336. The summed E-state index contributed by atoms with van der Waals surface area (Å²) < 4.78 is 14.0. The Labute approximate surface area is 60.1 Å². The minimum atomic E-state index is -0.336. The molecule has 0 spiro atoms. The molecule has 0 aliphatic carbocycles. The molecular formula is C6H12O4. The second-order valence-electron chi connectivity index (χ2n) is 1.65. The summed E-state index contributed by atoms with van der Waals surface area (Å²) in [5.41, 5.74) is 0. The fourth-order valence-electron chi connectivity index (χ4n) is 0.326. The van der Waals surface area contributed by atoms with Gasteiger partial charge in [0, 0.05) is 14.0 Å². The zero-order valence-electron chi connectivity index (χ0n) is 6.25. The van der Waals surface area contributed by atoms with Crippen LogP contribution in [0.2, 0.25) is 0 Å². The second-order valence-corrected chi connectivity index (χ2v) is 1.65. The molecule has 0 aliphatic heterocycles. The highest BCUT2D eigenvalue weighted by Gasteiger charge is 1.90. The summed E-state index contributed by atoms with van der Waals surface area (Å²) in [6.45, 7) is 2.31. The number of ether oxygens (including phenoxy) is 3. The quantitative estimate of drug-likeness (QED) is 0.317. The van der Waals surface area contributed by atoms with E-state index >= 15 is 0 Å². The van der Waals surface area contributed by atoms with Crippen LogP contribution in [0.25, 0.3) is 0 Å². The molecule has 0 bridgehead atoms. The van der Waals surface area contributed by atoms with Gasteiger partial charge in [-0.3, -0.25) is 4.79 Å². The van der Waals surface area contributed by atoms with E-state index in [2.05, 4.69) is 9.47 Å². The SMILES string of the molecule is COCCOCOC(C)=O. The molecule has 0 aromatic carbocycles. The third kappa shape index (κ3) is 7.39. The van der Waals surface area contributed by atoms with E-state index in [0.717, 1.165) is 0 Å². The van der Waals surface area contributed by atoms with E-state index in [4.69, 9.17) is 4.74 Å². The van der Waals surface area contributed by atoms with Crippen molar-refractivity contribution in [3.8, 4) is 0 Å². The maximum Gasteiger partial charge on any atom is 0.304 e. The third-order valence-electron chi connectivity index (χ3n) is 0.777. The van der Waals surface area contributed by atoms with Crippen LogP contribution in [0.1, 0.15) is 6.92 Å². The second kappa shape index (κ2) is 6.51. The Kier molecular flexibility index (Phi) is 6.11. The van der Waals surface area contributed by atoms with Gasteiger partial charge in [0.2, 0.25) is 0 Å². The van der Waals surface area contributed by atoms with Crippen LogP contribution in [-0.2, 0) is 19.0 Å². The van der Waals surface area contributed by atoms with Gasteiger partial charge >= 0.3 is 5.97 Å². The highest BCUT2D eigenvalue weighted by molar-refractivity contribution is 5.65. The molecule has 0 atom stereocenters. The van der Waals surface area contributed by atoms with Gasteiger partial charge < -0.3 is 14.2 Å². The first kappa shape index (κ1) is 9.39. The highest BCUT2D eigenvalue weighted by Crippen LogP contribution is 1.79. The van der Waals surface area contributed by atoms with Gasteiger partial charge in [-0.2, -0.15) is 0 Å². The Morgan fingerprint density at radius 2 is 2.10 bits per heavy atom. The van der Waals surface area contributed by atoms with Gasteiger partial charge in [0.05, 0.1) is 13.2 Å². The molecule has 0 heterocycles. The van der Waals surface area contributed by atoms with Crippen molar-refractivity contribution in [1.82, 2.24) is 0 Å². The van der Waals surface area contributed by atoms with Gasteiger partial charge in [-0.15, -0.1) is 0 Å². The first-order chi connectivity index (χ1) is 4.77. The summed E-state index contributed by atoms with van der Waals surface area (Å²) in [6.07, 6.45) is 0. The Hall–Kier alpha value is -0.610. The van der Waals surface area contributed by atoms with Crippen molar-refractivity contribution in [3.63, 3.8) is 0 Å². The van der Waals surface area contributed by atoms with Crippen LogP contribution in [0.4, 0.5) is 0 Å². The van der Waals surface area contributed by atoms with Crippen molar-refractivity contribution in [3.05, 3.63) is 0 Å². The summed E-state index contributed by atoms with van der Waals surface area (Å²) in [4.78, 5) is 10.1. The largest absolute Gasteiger partial charge is 0.439 e. The van der Waals surface area contributed by atoms with E-state index in [1.807, 2.05) is 0 Å². The topological polar surface area (TPSA) is 44.8 Å². The molecule has 0 fully saturated rings. The molecule has 0 radical (unpaired) electrons. The number of methoxy groups -OCH3 is 1. The number of rotatable bonds is 5. The molecule has 0 N–H and O–H groups in total. The van der Waals surface area contributed by atoms with Crippen molar-refractivity contribution in [1.29, 1.82) is 0 Å². The number of esters is 1. The van der Waals surface area contributed by atoms with Gasteiger partial charge in [-0.1, -0.05) is 0 Å². The molecule has 60 valence electrons. The van der Waals surface area contributed by atoms with Gasteiger partial charge in [-0.25, -0.2) is 0 Å². The normalized spacial score (nSPS) is 9.40. The standard InChI is InChI=1S/C6H12O4/c1-6(7)10-5-9-4-3-8-2/h3-5H2,1-2H3. The lowest BCUT2D eigenvalue weighted by molar-refractivity contribution is -0.154. The molecule has 4 nitrogen and oxygen atoms in total. The first-order valence-electron chi connectivity index (χ1n) is 2.97. The summed E-state index contributed by atoms with van der Waals surface area (Å²) in [7, 11) is 1.58. The molecule has 0 saturated carbocycles. The Morgan fingerprint density at radius 3 is 2.60 bits per heavy atom. The van der Waals surface area contributed by atoms with Crippen LogP contribution < -0.4 is 0 Å². The van der Waals surface area contributed by atoms with Crippen molar-refractivity contribution < 1.29 is 19.0 Å². The predicted octanol–water partition coefficient (Wildman–Crippen LogP) is 0.170. The Bertz CT molecular complexity index is 91.7. The first-order valence-corrected chi connectivity index (χ1v) is 2.97. The minimum absolute atomic E-state index is 0.0126. The average molecular weight is 148 g/mol. The van der Waals surface area contributed by atoms with Crippen LogP contribution in [0, 0.1) is 0 Å². The van der Waals surface area contributed by atoms with Crippen molar-refractivity contribution >= 4 is 5.97 Å². The van der Waals surface area contributed by atoms with Crippen molar-refractivity contribution in [2.24, 2.45) is 0 Å². The van der Waals surface area contributed by atoms with E-state index in [1.54, 1.807) is 7.11 Å². The average Bonchev–Trinajstić information content (AvgIpc) is 1.87. The molecule has 0 aromatic rings. The number of carbonyl (C=O) groups is 1. The molecule has 0 rings (SSSR count). The van der Waals surface area contributed by atoms with Gasteiger partial charge in [0.15, 0.2) is 6.79 Å². The summed E-state index contributed by atoms with van der Waals surface area (Å²) >= 11 is 0. The lowest BCUT2D eigenvalue weighted by Crippen LogP contribution is -2.08. The van der Waals surface area contributed by atoms with Crippen LogP contribution in [0.5, 0.6) is 0 Å². The molecule has 10 heavy (non-hydrogen) atoms. The zero-order chi connectivity index (χ0) is 7.82. The fraction of sp³-hybridized carbons (Fsp3) is 0.833. The van der Waals surface area contributed by atoms with Crippen LogP contribution >= 0.6 is 0 Å². The smallest absolute Gasteiger partial charge is 0.304 e. The van der Waals surface area contributed by atoms with Gasteiger partial charge in [0.1, 0.15) is 0 Å². The number of hydrogen-bond donors (Lipinski definition) is 0. The van der Waals surface area contributed by atoms with E-state index < -0.39 is 0 Å². The molecule has 0 amide bonds. The maximum atomic E-state index is 10.1. The highest BCUT2D eigenvalue weighted by atomic mass is 16.7. The molecular weight excluding hydrogens is 136 g/mol. The van der Waals surface area contributed by atoms with E-state index in [1.165, 1.54) is 6.92 Å². The van der Waals surface area contributed by atoms with Crippen molar-refractivity contribution in [2.75, 3.05) is 27.1 Å². The summed E-state index contributed by atoms with van der Waals surface area (Å²) in [6, 6.07) is 0. The Morgan fingerprint density at radius 1 is 1.40 bits per heavy atom. The van der Waals surface area contributed by atoms with E-state index in [0.29, 0.717) is 13.2 Å². The predicted molar refractivity (Wildman–Crippen MR) is 34.5 cm³/mol. The molecule has 0 unspecified atom stereocenters. The monoisotopic (exact) mass is 148 g/mol. The van der Waals surface area contributed by atoms with Crippen molar-refractivity contribution in [2.45, 2.75) is 6.92 Å². The van der Waals surface area contributed by atoms with E-state index in [-0.39, 0.29) is 12.8 Å². The van der Waals surface area contributed by atoms with Crippen LogP contribution in [0.15, 0.2) is 0 Å². The summed E-state index contributed by atoms with van der Waals surface area (Å²) in [5, 5.41) is 0. The lowest BCUT2D eigenvalue weighted by Gasteiger charge is -2.01. The molecule has 0 aromatic heterocycles. The minimum Gasteiger partial charge on any atom is -0.439 e. The van der Waals surface area contributed by atoms with E-state index in [9.17, 15) is 4.79 Å². The van der Waals surface area contributed by atoms with Gasteiger partial charge in [0.25, 0.3) is 0 Å². The Balaban J connectivity index is 2.84. The fourth-order valence-corrected chi connectivity index (χ4v) is 0.326. The molecule has 4 heteroatoms. The third-order valence-corrected chi connectivity index (χ3v) is 0.777. The number of hydrogen-bond acceptors (Lipinski definition) is 4. The van der Waals surface area contributed by atoms with Gasteiger partial charge in [-0.05, 0) is 0 Å². The molecule has 0 aliphatic rings. The lowest BCUT2D eigenvalue weighted by atomic mass is 10.8. The van der Waals surface area contributed by atoms with Crippen LogP contribution in [-0.4, -0.2) is 33.1 Å². The zero-order valence-corrected chi connectivity index (χ0v) is 6.25. The van der Waals surface area contributed by atoms with Crippen LogP contribution in [0.3, 0.4) is 0 Å². The molecule has 0 saturated heterocycles. The number of carbonyl (C=O) groups excluding carboxylic acids is 1. The maximum absolute atomic E-state index is 10.1.